The van der Waals surface area contributed by atoms with Crippen LogP contribution in [0.15, 0.2) is 97.1 Å². The van der Waals surface area contributed by atoms with Crippen LogP contribution in [0, 0.1) is 24.8 Å². The average Bonchev–Trinajstić information content (AvgIpc) is 1.63. The van der Waals surface area contributed by atoms with Gasteiger partial charge in [-0.25, -0.2) is 51.1 Å². The Hall–Kier alpha value is -9.86. The molecule has 680 valence electrons. The van der Waals surface area contributed by atoms with E-state index in [2.05, 4.69) is 87.4 Å². The van der Waals surface area contributed by atoms with Crippen LogP contribution in [0.4, 0.5) is 77.3 Å². The maximum atomic E-state index is 14.8. The number of carbonyl (C=O) groups is 4. The van der Waals surface area contributed by atoms with E-state index in [1.165, 1.54) is 39.0 Å². The van der Waals surface area contributed by atoms with Gasteiger partial charge in [0.15, 0.2) is 16.6 Å². The number of benzene rings is 4. The van der Waals surface area contributed by atoms with Gasteiger partial charge < -0.3 is 71.8 Å². The van der Waals surface area contributed by atoms with Crippen LogP contribution in [-0.4, -0.2) is 225 Å². The molecule has 2 unspecified atom stereocenters. The van der Waals surface area contributed by atoms with Gasteiger partial charge >= 0.3 is 42.7 Å². The van der Waals surface area contributed by atoms with Crippen molar-refractivity contribution in [3.05, 3.63) is 182 Å². The third-order valence-electron chi connectivity index (χ3n) is 23.5. The molecular weight excluding hydrogens is 1690 g/mol. The van der Waals surface area contributed by atoms with Gasteiger partial charge in [-0.1, -0.05) is 114 Å². The Labute approximate surface area is 733 Å². The number of anilines is 4. The fraction of sp³-hybridized carbons (Fsp3) is 0.568. The highest BCUT2D eigenvalue weighted by Crippen LogP contribution is 2.46. The standard InChI is InChI=1S/C44H57F4N7O6Si.C28H25ClF4N6O2.C16H33NO4Si/c1-42(2,3)60-41(57)55-25-32(61-62(8,9)43(4,5)6)22-30(55)28-58-39-50-35-26-52(36-17-13-16-34(45)37(36)44(46,47)48)19-18-33(35)38(51-39)53-20-21-54(31(24-53)23-49-7)40(56)59-27-29-14-11-10-12-15-29;1-34-14-19-15-38(12-13-39(19)27(40)41-17-18-6-3-2-4-7-18)25-20-10-11-37(16-22(20)35-26(29)36-25)23-9-5-8-21(30)24(23)28(31,32)33;1-15(2,3)20-14(19)17-10-13(9-12(17)11-18)21-22(7,8)16(4,5)6/h10-17,30-32H,18-28H2,1-6,8-9H3;2-9,19H,10-17H2;12-13,18H,9-11H2,1-8H3/t30-,31?,32+;;12-,13+/m1.1/s1. The van der Waals surface area contributed by atoms with E-state index < -0.39 is 99.4 Å². The van der Waals surface area contributed by atoms with E-state index in [0.29, 0.717) is 67.5 Å². The molecule has 37 heteroatoms. The van der Waals surface area contributed by atoms with Crippen LogP contribution in [0.1, 0.15) is 141 Å². The van der Waals surface area contributed by atoms with Crippen molar-refractivity contribution in [3.63, 3.8) is 0 Å². The number of aliphatic hydroxyl groups excluding tert-OH is 1. The zero-order valence-corrected chi connectivity index (χ0v) is 76.6. The first-order chi connectivity index (χ1) is 58.5. The van der Waals surface area contributed by atoms with Crippen molar-refractivity contribution in [1.82, 2.24) is 39.5 Å². The predicted octanol–water partition coefficient (Wildman–Crippen LogP) is 17.7. The molecule has 0 saturated carbocycles. The third-order valence-corrected chi connectivity index (χ3v) is 32.7. The number of rotatable bonds is 18. The molecule has 6 aromatic rings. The minimum Gasteiger partial charge on any atom is -0.461 e. The summed E-state index contributed by atoms with van der Waals surface area (Å²) in [6.45, 7) is 50.4. The molecule has 8 heterocycles. The second-order valence-corrected chi connectivity index (χ2v) is 46.8. The van der Waals surface area contributed by atoms with Crippen LogP contribution in [0.5, 0.6) is 6.01 Å². The number of hydrogen-bond acceptors (Lipinski definition) is 20. The van der Waals surface area contributed by atoms with Gasteiger partial charge in [0.2, 0.25) is 18.4 Å². The van der Waals surface area contributed by atoms with Crippen molar-refractivity contribution >= 4 is 75.6 Å². The second kappa shape index (κ2) is 40.0. The fourth-order valence-electron chi connectivity index (χ4n) is 15.3. The Bertz CT molecular complexity index is 4840. The Morgan fingerprint density at radius 1 is 0.488 bits per heavy atom. The van der Waals surface area contributed by atoms with Crippen LogP contribution < -0.4 is 24.3 Å². The quantitative estimate of drug-likeness (QED) is 0.0276. The summed E-state index contributed by atoms with van der Waals surface area (Å²) in [6.07, 6.45) is -10.4. The molecule has 4 aromatic carbocycles. The number of piperazine rings is 2. The molecule has 6 aliphatic rings. The summed E-state index contributed by atoms with van der Waals surface area (Å²) in [4.78, 5) is 90.7. The number of hydrogen-bond donors (Lipinski definition) is 1. The number of ether oxygens (including phenoxy) is 5. The van der Waals surface area contributed by atoms with Gasteiger partial charge in [-0.15, -0.1) is 0 Å². The molecule has 26 nitrogen and oxygen atoms in total. The summed E-state index contributed by atoms with van der Waals surface area (Å²) in [5, 5.41) is 9.54. The topological polar surface area (TPSA) is 239 Å². The van der Waals surface area contributed by atoms with Crippen LogP contribution in [0.2, 0.25) is 41.5 Å². The number of likely N-dealkylation sites (tertiary alicyclic amines) is 2. The lowest BCUT2D eigenvalue weighted by Gasteiger charge is -2.41. The summed E-state index contributed by atoms with van der Waals surface area (Å²) in [5.74, 6) is -1.74. The Morgan fingerprint density at radius 3 is 1.28 bits per heavy atom. The van der Waals surface area contributed by atoms with Crippen LogP contribution >= 0.6 is 11.6 Å². The van der Waals surface area contributed by atoms with Crippen molar-refractivity contribution in [3.8, 4) is 6.01 Å². The van der Waals surface area contributed by atoms with E-state index in [0.717, 1.165) is 28.8 Å². The minimum atomic E-state index is -4.95. The number of aliphatic hydroxyl groups is 1. The number of nitrogens with zero attached hydrogens (tertiary/aromatic N) is 14. The molecule has 0 aliphatic carbocycles. The first-order valence-corrected chi connectivity index (χ1v) is 48.0. The smallest absolute Gasteiger partial charge is 0.421 e. The number of halogens is 9. The lowest BCUT2D eigenvalue weighted by atomic mass is 10.0. The maximum Gasteiger partial charge on any atom is 0.421 e. The predicted molar refractivity (Wildman–Crippen MR) is 462 cm³/mol. The molecule has 4 saturated heterocycles. The molecule has 0 spiro atoms. The number of carbonyl (C=O) groups excluding carboxylic acids is 4. The molecule has 125 heavy (non-hydrogen) atoms. The van der Waals surface area contributed by atoms with E-state index in [1.807, 2.05) is 91.2 Å². The van der Waals surface area contributed by atoms with Crippen molar-refractivity contribution in [2.45, 2.75) is 231 Å². The van der Waals surface area contributed by atoms with Crippen LogP contribution in [0.25, 0.3) is 9.69 Å². The number of fused-ring (bicyclic) bond motifs is 2. The van der Waals surface area contributed by atoms with Gasteiger partial charge in [0, 0.05) is 76.6 Å². The molecule has 12 rings (SSSR count). The van der Waals surface area contributed by atoms with E-state index in [-0.39, 0.29) is 162 Å². The van der Waals surface area contributed by atoms with Crippen LogP contribution in [-0.2, 0) is 79.3 Å². The molecule has 1 N–H and O–H groups in total. The molecular formula is C88H115ClF8N14O12Si2. The third kappa shape index (κ3) is 25.1. The Kier molecular flexibility index (Phi) is 31.1. The summed E-state index contributed by atoms with van der Waals surface area (Å²) >= 11 is 6.26. The van der Waals surface area contributed by atoms with E-state index in [1.54, 1.807) is 35.5 Å². The van der Waals surface area contributed by atoms with Crippen molar-refractivity contribution in [1.29, 1.82) is 0 Å². The molecule has 6 aliphatic heterocycles. The molecule has 4 amide bonds. The monoisotopic (exact) mass is 1800 g/mol. The van der Waals surface area contributed by atoms with Gasteiger partial charge in [0.05, 0.1) is 66.8 Å². The molecule has 6 atom stereocenters. The highest BCUT2D eigenvalue weighted by Gasteiger charge is 2.49. The highest BCUT2D eigenvalue weighted by atomic mass is 35.5. The summed E-state index contributed by atoms with van der Waals surface area (Å²) in [6, 6.07) is 23.3. The summed E-state index contributed by atoms with van der Waals surface area (Å²) in [7, 11) is -4.12. The normalized spacial score (nSPS) is 19.6. The van der Waals surface area contributed by atoms with Crippen molar-refractivity contribution in [2.75, 3.05) is 111 Å². The first kappa shape index (κ1) is 97.3. The second-order valence-electron chi connectivity index (χ2n) is 37.0. The van der Waals surface area contributed by atoms with Crippen molar-refractivity contribution in [2.24, 2.45) is 0 Å². The van der Waals surface area contributed by atoms with Gasteiger partial charge in [-0.2, -0.15) is 36.3 Å². The summed E-state index contributed by atoms with van der Waals surface area (Å²) < 4.78 is 155. The Balaban J connectivity index is 0.000000221. The number of amides is 4. The zero-order valence-electron chi connectivity index (χ0n) is 73.9. The molecule has 0 bridgehead atoms. The zero-order chi connectivity index (χ0) is 91.7. The number of alkyl halides is 6. The Morgan fingerprint density at radius 2 is 0.888 bits per heavy atom. The van der Waals surface area contributed by atoms with Gasteiger partial charge in [0.1, 0.15) is 77.5 Å². The summed E-state index contributed by atoms with van der Waals surface area (Å²) in [5.41, 5.74) is -0.664. The first-order valence-electron chi connectivity index (χ1n) is 41.8. The fourth-order valence-corrected chi connectivity index (χ4v) is 18.2. The molecule has 2 aromatic heterocycles. The highest BCUT2D eigenvalue weighted by molar-refractivity contribution is 6.74. The maximum absolute atomic E-state index is 14.8. The lowest BCUT2D eigenvalue weighted by Crippen LogP contribution is -2.57. The molecule has 0 radical (unpaired) electrons. The average molecular weight is 1800 g/mol. The largest absolute Gasteiger partial charge is 0.461 e. The SMILES string of the molecule is CC(C)(C)OC(=O)N1C[C@@H](O[Si](C)(C)C(C)(C)C)C[C@@H]1CO.[C-]#[N+]CC1CN(c2nc(Cl)nc3c2CCN(c2cccc(F)c2C(F)(F)F)C3)CCN1C(=O)OCc1ccccc1.[C-]#[N+]CC1CN(c2nc(OC[C@H]3C[C@H](O[Si](C)(C)C(C)(C)C)CN3C(=O)OC(C)(C)C)nc3c2CCN(c2cccc(F)c2C(F)(F)F)C3)CCN1C(=O)OCc1ccccc1. The van der Waals surface area contributed by atoms with E-state index >= 15 is 0 Å². The minimum absolute atomic E-state index is 0.0125. The van der Waals surface area contributed by atoms with E-state index in [9.17, 15) is 59.4 Å². The van der Waals surface area contributed by atoms with Crippen molar-refractivity contribution < 1.29 is 91.9 Å². The van der Waals surface area contributed by atoms with Gasteiger partial charge in [-0.05, 0) is 150 Å². The van der Waals surface area contributed by atoms with E-state index in [4.69, 9.17) is 67.2 Å². The lowest BCUT2D eigenvalue weighted by molar-refractivity contribution is -0.140. The number of aromatic nitrogens is 4. The van der Waals surface area contributed by atoms with Crippen LogP contribution in [0.3, 0.4) is 0 Å². The van der Waals surface area contributed by atoms with Gasteiger partial charge in [-0.3, -0.25) is 14.7 Å². The van der Waals surface area contributed by atoms with Gasteiger partial charge in [0.25, 0.3) is 0 Å². The molecule has 4 fully saturated rings.